The summed E-state index contributed by atoms with van der Waals surface area (Å²) < 4.78 is 7.06. The summed E-state index contributed by atoms with van der Waals surface area (Å²) in [7, 11) is 1.59. The molecule has 1 N–H and O–H groups in total. The van der Waals surface area contributed by atoms with Crippen LogP contribution >= 0.6 is 11.8 Å². The minimum Gasteiger partial charge on any atom is -0.497 e. The Labute approximate surface area is 179 Å². The van der Waals surface area contributed by atoms with Crippen LogP contribution in [0.15, 0.2) is 59.8 Å². The number of aromatic nitrogens is 3. The number of anilines is 1. The van der Waals surface area contributed by atoms with Gasteiger partial charge in [-0.1, -0.05) is 30.0 Å². The zero-order chi connectivity index (χ0) is 21.3. The quantitative estimate of drug-likeness (QED) is 0.393. The fourth-order valence-electron chi connectivity index (χ4n) is 2.89. The second-order valence-electron chi connectivity index (χ2n) is 6.50. The maximum Gasteiger partial charge on any atom is 0.224 e. The molecule has 0 aliphatic heterocycles. The molecular weight excluding hydrogens is 400 g/mol. The van der Waals surface area contributed by atoms with Gasteiger partial charge in [-0.15, -0.1) is 10.2 Å². The first-order valence-electron chi connectivity index (χ1n) is 9.67. The van der Waals surface area contributed by atoms with Crippen LogP contribution in [0.25, 0.3) is 0 Å². The summed E-state index contributed by atoms with van der Waals surface area (Å²) in [5.41, 5.74) is 1.40. The molecule has 0 radical (unpaired) electrons. The van der Waals surface area contributed by atoms with Crippen molar-refractivity contribution in [3.63, 3.8) is 0 Å². The topological polar surface area (TPSA) is 86.1 Å². The van der Waals surface area contributed by atoms with Crippen molar-refractivity contribution in [2.24, 2.45) is 0 Å². The van der Waals surface area contributed by atoms with Gasteiger partial charge in [0.15, 0.2) is 10.9 Å². The zero-order valence-electron chi connectivity index (χ0n) is 17.0. The van der Waals surface area contributed by atoms with E-state index in [-0.39, 0.29) is 17.4 Å². The van der Waals surface area contributed by atoms with Gasteiger partial charge in [-0.3, -0.25) is 9.59 Å². The molecule has 1 aromatic heterocycles. The minimum atomic E-state index is -0.0734. The third kappa shape index (κ3) is 5.70. The van der Waals surface area contributed by atoms with Gasteiger partial charge in [0.1, 0.15) is 11.6 Å². The van der Waals surface area contributed by atoms with Crippen LogP contribution in [-0.4, -0.2) is 39.3 Å². The number of rotatable bonds is 10. The molecule has 0 fully saturated rings. The van der Waals surface area contributed by atoms with Crippen LogP contribution in [0.2, 0.25) is 0 Å². The number of para-hydroxylation sites is 1. The van der Waals surface area contributed by atoms with Gasteiger partial charge in [-0.2, -0.15) is 0 Å². The Balaban J connectivity index is 1.55. The SMILES string of the molecule is CCn1c(CCC(=O)Nc2ccccc2)nnc1SCC(=O)c1ccc(OC)cc1. The third-order valence-corrected chi connectivity index (χ3v) is 5.45. The van der Waals surface area contributed by atoms with Gasteiger partial charge in [-0.25, -0.2) is 0 Å². The van der Waals surface area contributed by atoms with Crippen LogP contribution in [0.4, 0.5) is 5.69 Å². The van der Waals surface area contributed by atoms with E-state index in [0.717, 1.165) is 11.5 Å². The summed E-state index contributed by atoms with van der Waals surface area (Å²) in [6.45, 7) is 2.66. The molecule has 2 aromatic carbocycles. The first-order chi connectivity index (χ1) is 14.6. The van der Waals surface area contributed by atoms with Crippen molar-refractivity contribution in [2.75, 3.05) is 18.2 Å². The number of ketones is 1. The van der Waals surface area contributed by atoms with Crippen molar-refractivity contribution in [1.82, 2.24) is 14.8 Å². The minimum absolute atomic E-state index is 0.0112. The molecular formula is C22H24N4O3S. The van der Waals surface area contributed by atoms with Crippen LogP contribution in [0, 0.1) is 0 Å². The van der Waals surface area contributed by atoms with Gasteiger partial charge in [0.05, 0.1) is 12.9 Å². The molecule has 1 heterocycles. The number of nitrogens with zero attached hydrogens (tertiary/aromatic N) is 3. The highest BCUT2D eigenvalue weighted by molar-refractivity contribution is 7.99. The molecule has 0 bridgehead atoms. The highest BCUT2D eigenvalue weighted by atomic mass is 32.2. The number of hydrogen-bond donors (Lipinski definition) is 1. The maximum absolute atomic E-state index is 12.4. The van der Waals surface area contributed by atoms with Crippen LogP contribution in [0.1, 0.15) is 29.5 Å². The van der Waals surface area contributed by atoms with E-state index in [1.54, 1.807) is 31.4 Å². The highest BCUT2D eigenvalue weighted by Crippen LogP contribution is 2.20. The van der Waals surface area contributed by atoms with E-state index in [1.165, 1.54) is 11.8 Å². The van der Waals surface area contributed by atoms with Crippen LogP contribution < -0.4 is 10.1 Å². The highest BCUT2D eigenvalue weighted by Gasteiger charge is 2.15. The fraction of sp³-hybridized carbons (Fsp3) is 0.273. The molecule has 0 atom stereocenters. The fourth-order valence-corrected chi connectivity index (χ4v) is 3.80. The molecule has 30 heavy (non-hydrogen) atoms. The number of ether oxygens (including phenoxy) is 1. The van der Waals surface area contributed by atoms with E-state index in [0.29, 0.717) is 35.9 Å². The molecule has 1 amide bonds. The van der Waals surface area contributed by atoms with Gasteiger partial charge in [0.25, 0.3) is 0 Å². The lowest BCUT2D eigenvalue weighted by atomic mass is 10.1. The molecule has 7 nitrogen and oxygen atoms in total. The number of thioether (sulfide) groups is 1. The Hall–Kier alpha value is -3.13. The van der Waals surface area contributed by atoms with Crippen molar-refractivity contribution in [3.05, 3.63) is 66.0 Å². The normalized spacial score (nSPS) is 10.6. The van der Waals surface area contributed by atoms with E-state index >= 15 is 0 Å². The second kappa shape index (κ2) is 10.6. The van der Waals surface area contributed by atoms with Crippen molar-refractivity contribution in [1.29, 1.82) is 0 Å². The zero-order valence-corrected chi connectivity index (χ0v) is 17.8. The van der Waals surface area contributed by atoms with Crippen LogP contribution in [-0.2, 0) is 17.8 Å². The Morgan fingerprint density at radius 1 is 1.07 bits per heavy atom. The first kappa shape index (κ1) is 21.6. The Morgan fingerprint density at radius 3 is 2.47 bits per heavy atom. The average molecular weight is 425 g/mol. The monoisotopic (exact) mass is 424 g/mol. The number of carbonyl (C=O) groups is 2. The summed E-state index contributed by atoms with van der Waals surface area (Å²) in [5.74, 6) is 1.65. The Kier molecular flexibility index (Phi) is 7.62. The second-order valence-corrected chi connectivity index (χ2v) is 7.44. The van der Waals surface area contributed by atoms with Gasteiger partial charge in [-0.05, 0) is 43.3 Å². The number of hydrogen-bond acceptors (Lipinski definition) is 6. The Bertz CT molecular complexity index is 987. The molecule has 3 rings (SSSR count). The molecule has 0 unspecified atom stereocenters. The third-order valence-electron chi connectivity index (χ3n) is 4.49. The van der Waals surface area contributed by atoms with Gasteiger partial charge in [0.2, 0.25) is 5.91 Å². The van der Waals surface area contributed by atoms with Gasteiger partial charge >= 0.3 is 0 Å². The Morgan fingerprint density at radius 2 is 1.80 bits per heavy atom. The lowest BCUT2D eigenvalue weighted by Gasteiger charge is -2.08. The van der Waals surface area contributed by atoms with Crippen LogP contribution in [0.5, 0.6) is 5.75 Å². The number of carbonyl (C=O) groups excluding carboxylic acids is 2. The lowest BCUT2D eigenvalue weighted by molar-refractivity contribution is -0.116. The number of benzene rings is 2. The van der Waals surface area contributed by atoms with E-state index in [2.05, 4.69) is 15.5 Å². The van der Waals surface area contributed by atoms with Crippen molar-refractivity contribution in [2.45, 2.75) is 31.5 Å². The first-order valence-corrected chi connectivity index (χ1v) is 10.7. The number of Topliss-reactive ketones (excluding diaryl/α,β-unsaturated/α-hetero) is 1. The molecule has 0 saturated heterocycles. The summed E-state index contributed by atoms with van der Waals surface area (Å²) in [5, 5.41) is 12.0. The molecule has 8 heteroatoms. The largest absolute Gasteiger partial charge is 0.497 e. The van der Waals surface area contributed by atoms with E-state index in [9.17, 15) is 9.59 Å². The lowest BCUT2D eigenvalue weighted by Crippen LogP contribution is -2.14. The number of aryl methyl sites for hydroxylation is 1. The van der Waals surface area contributed by atoms with Crippen molar-refractivity contribution >= 4 is 29.1 Å². The van der Waals surface area contributed by atoms with E-state index in [4.69, 9.17) is 4.74 Å². The molecule has 156 valence electrons. The smallest absolute Gasteiger partial charge is 0.224 e. The summed E-state index contributed by atoms with van der Waals surface area (Å²) >= 11 is 1.35. The molecule has 3 aromatic rings. The number of nitrogens with one attached hydrogen (secondary N) is 1. The van der Waals surface area contributed by atoms with Crippen molar-refractivity contribution < 1.29 is 14.3 Å². The predicted molar refractivity (Wildman–Crippen MR) is 117 cm³/mol. The summed E-state index contributed by atoms with van der Waals surface area (Å²) in [6.07, 6.45) is 0.787. The standard InChI is InChI=1S/C22H24N4O3S/c1-3-26-20(13-14-21(28)23-17-7-5-4-6-8-17)24-25-22(26)30-15-19(27)16-9-11-18(29-2)12-10-16/h4-12H,3,13-15H2,1-2H3,(H,23,28). The summed E-state index contributed by atoms with van der Waals surface area (Å²) in [6, 6.07) is 16.4. The van der Waals surface area contributed by atoms with E-state index in [1.807, 2.05) is 41.8 Å². The molecule has 0 aliphatic carbocycles. The van der Waals surface area contributed by atoms with E-state index < -0.39 is 0 Å². The number of methoxy groups -OCH3 is 1. The van der Waals surface area contributed by atoms with Crippen molar-refractivity contribution in [3.8, 4) is 5.75 Å². The predicted octanol–water partition coefficient (Wildman–Crippen LogP) is 3.85. The molecule has 0 spiro atoms. The molecule has 0 aliphatic rings. The molecule has 0 saturated carbocycles. The van der Waals surface area contributed by atoms with Gasteiger partial charge in [0, 0.05) is 30.6 Å². The van der Waals surface area contributed by atoms with Gasteiger partial charge < -0.3 is 14.6 Å². The summed E-state index contributed by atoms with van der Waals surface area (Å²) in [4.78, 5) is 24.6. The number of amides is 1. The average Bonchev–Trinajstić information content (AvgIpc) is 3.18. The van der Waals surface area contributed by atoms with Crippen LogP contribution in [0.3, 0.4) is 0 Å². The maximum atomic E-state index is 12.4.